The van der Waals surface area contributed by atoms with Gasteiger partial charge in [0.1, 0.15) is 0 Å². The van der Waals surface area contributed by atoms with E-state index < -0.39 is 7.12 Å². The Morgan fingerprint density at radius 1 is 1.05 bits per heavy atom. The molecule has 98 valence electrons. The van der Waals surface area contributed by atoms with Crippen LogP contribution in [-0.4, -0.2) is 22.2 Å². The van der Waals surface area contributed by atoms with Gasteiger partial charge in [-0.3, -0.25) is 4.98 Å². The predicted molar refractivity (Wildman–Crippen MR) is 79.3 cm³/mol. The summed E-state index contributed by atoms with van der Waals surface area (Å²) in [6.45, 7) is 1.76. The molecular formula is C12H9BCl3NO2. The summed E-state index contributed by atoms with van der Waals surface area (Å²) in [5, 5.41) is 19.9. The van der Waals surface area contributed by atoms with E-state index in [0.717, 1.165) is 0 Å². The molecule has 0 atom stereocenters. The molecule has 7 heteroatoms. The van der Waals surface area contributed by atoms with Crippen molar-refractivity contribution in [3.8, 4) is 11.3 Å². The molecule has 19 heavy (non-hydrogen) atoms. The minimum atomic E-state index is -1.64. The molecule has 0 aliphatic heterocycles. The van der Waals surface area contributed by atoms with Crippen molar-refractivity contribution >= 4 is 47.4 Å². The van der Waals surface area contributed by atoms with Gasteiger partial charge in [-0.05, 0) is 30.7 Å². The van der Waals surface area contributed by atoms with E-state index in [0.29, 0.717) is 37.4 Å². The van der Waals surface area contributed by atoms with Crippen LogP contribution in [0.4, 0.5) is 0 Å². The van der Waals surface area contributed by atoms with Crippen molar-refractivity contribution < 1.29 is 10.0 Å². The Kier molecular flexibility index (Phi) is 4.38. The molecule has 0 amide bonds. The average Bonchev–Trinajstić information content (AvgIpc) is 2.33. The molecule has 0 unspecified atom stereocenters. The molecule has 2 N–H and O–H groups in total. The van der Waals surface area contributed by atoms with Gasteiger partial charge >= 0.3 is 7.12 Å². The molecule has 0 fully saturated rings. The second kappa shape index (κ2) is 5.69. The lowest BCUT2D eigenvalue weighted by atomic mass is 9.75. The summed E-state index contributed by atoms with van der Waals surface area (Å²) in [6, 6.07) is 4.74. The van der Waals surface area contributed by atoms with Crippen molar-refractivity contribution in [2.75, 3.05) is 0 Å². The van der Waals surface area contributed by atoms with Gasteiger partial charge in [-0.2, -0.15) is 0 Å². The second-order valence-electron chi connectivity index (χ2n) is 4.01. The van der Waals surface area contributed by atoms with E-state index in [1.54, 1.807) is 25.3 Å². The smallest absolute Gasteiger partial charge is 0.423 e. The van der Waals surface area contributed by atoms with Crippen LogP contribution in [0.1, 0.15) is 5.56 Å². The van der Waals surface area contributed by atoms with Gasteiger partial charge in [0.2, 0.25) is 0 Å². The standard InChI is InChI=1S/C12H9BCl3NO2/c1-6-2-3-17-12(11(6)13(18)19)7-4-9(15)10(16)5-8(7)14/h2-5,18-19H,1H3. The Bertz CT molecular complexity index is 635. The van der Waals surface area contributed by atoms with E-state index in [4.69, 9.17) is 34.8 Å². The number of halogens is 3. The topological polar surface area (TPSA) is 53.4 Å². The molecule has 3 nitrogen and oxygen atoms in total. The van der Waals surface area contributed by atoms with Gasteiger partial charge in [-0.1, -0.05) is 34.8 Å². The van der Waals surface area contributed by atoms with Gasteiger partial charge in [-0.25, -0.2) is 0 Å². The highest BCUT2D eigenvalue weighted by molar-refractivity contribution is 6.61. The van der Waals surface area contributed by atoms with Crippen LogP contribution >= 0.6 is 34.8 Å². The summed E-state index contributed by atoms with van der Waals surface area (Å²) in [7, 11) is -1.64. The third-order valence-corrected chi connectivity index (χ3v) is 3.77. The molecule has 1 aromatic carbocycles. The Hall–Kier alpha value is -0.775. The normalized spacial score (nSPS) is 10.6. The van der Waals surface area contributed by atoms with Gasteiger partial charge in [0, 0.05) is 17.2 Å². The third kappa shape index (κ3) is 2.88. The highest BCUT2D eigenvalue weighted by atomic mass is 35.5. The largest absolute Gasteiger partial charge is 0.490 e. The van der Waals surface area contributed by atoms with Crippen LogP contribution in [0.5, 0.6) is 0 Å². The fourth-order valence-corrected chi connectivity index (χ4v) is 2.45. The highest BCUT2D eigenvalue weighted by Gasteiger charge is 2.22. The average molecular weight is 316 g/mol. The lowest BCUT2D eigenvalue weighted by Crippen LogP contribution is -2.34. The molecule has 1 heterocycles. The number of benzene rings is 1. The third-order valence-electron chi connectivity index (χ3n) is 2.73. The van der Waals surface area contributed by atoms with Crippen molar-refractivity contribution in [3.05, 3.63) is 45.0 Å². The van der Waals surface area contributed by atoms with Crippen LogP contribution in [0.15, 0.2) is 24.4 Å². The van der Waals surface area contributed by atoms with Gasteiger partial charge in [-0.15, -0.1) is 0 Å². The van der Waals surface area contributed by atoms with Crippen LogP contribution in [0.2, 0.25) is 15.1 Å². The number of hydrogen-bond acceptors (Lipinski definition) is 3. The van der Waals surface area contributed by atoms with Gasteiger partial charge < -0.3 is 10.0 Å². The predicted octanol–water partition coefficient (Wildman–Crippen LogP) is 2.70. The van der Waals surface area contributed by atoms with E-state index in [-0.39, 0.29) is 0 Å². The second-order valence-corrected chi connectivity index (χ2v) is 5.23. The molecule has 0 aliphatic carbocycles. The van der Waals surface area contributed by atoms with Crippen molar-refractivity contribution in [1.29, 1.82) is 0 Å². The van der Waals surface area contributed by atoms with E-state index >= 15 is 0 Å². The van der Waals surface area contributed by atoms with E-state index in [2.05, 4.69) is 4.98 Å². The minimum absolute atomic E-state index is 0.294. The zero-order valence-electron chi connectivity index (χ0n) is 9.86. The Balaban J connectivity index is 2.72. The maximum Gasteiger partial charge on any atom is 0.490 e. The molecule has 2 rings (SSSR count). The molecular weight excluding hydrogens is 307 g/mol. The van der Waals surface area contributed by atoms with Gasteiger partial charge in [0.25, 0.3) is 0 Å². The molecule has 1 aromatic heterocycles. The summed E-state index contributed by atoms with van der Waals surface area (Å²) in [6.07, 6.45) is 1.56. The molecule has 0 aliphatic rings. The van der Waals surface area contributed by atoms with Crippen molar-refractivity contribution in [2.45, 2.75) is 6.92 Å². The first-order chi connectivity index (χ1) is 8.91. The quantitative estimate of drug-likeness (QED) is 0.661. The molecule has 0 spiro atoms. The van der Waals surface area contributed by atoms with Gasteiger partial charge in [0.05, 0.1) is 20.8 Å². The van der Waals surface area contributed by atoms with Crippen LogP contribution in [-0.2, 0) is 0 Å². The van der Waals surface area contributed by atoms with Crippen LogP contribution in [0.25, 0.3) is 11.3 Å². The number of aromatic nitrogens is 1. The highest BCUT2D eigenvalue weighted by Crippen LogP contribution is 2.34. The maximum absolute atomic E-state index is 9.47. The molecule has 0 saturated heterocycles. The number of hydrogen-bond donors (Lipinski definition) is 2. The zero-order chi connectivity index (χ0) is 14.2. The summed E-state index contributed by atoms with van der Waals surface area (Å²) < 4.78 is 0. The first kappa shape index (κ1) is 14.6. The first-order valence-corrected chi connectivity index (χ1v) is 6.51. The molecule has 0 radical (unpaired) electrons. The molecule has 0 bridgehead atoms. The Morgan fingerprint density at radius 2 is 1.68 bits per heavy atom. The van der Waals surface area contributed by atoms with Crippen LogP contribution in [0, 0.1) is 6.92 Å². The van der Waals surface area contributed by atoms with E-state index in [1.807, 2.05) is 0 Å². The monoisotopic (exact) mass is 315 g/mol. The SMILES string of the molecule is Cc1ccnc(-c2cc(Cl)c(Cl)cc2Cl)c1B(O)O. The van der Waals surface area contributed by atoms with Gasteiger partial charge in [0.15, 0.2) is 0 Å². The summed E-state index contributed by atoms with van der Waals surface area (Å²) in [5.41, 5.74) is 1.87. The first-order valence-electron chi connectivity index (χ1n) is 5.38. The summed E-state index contributed by atoms with van der Waals surface area (Å²) in [4.78, 5) is 4.16. The Labute approximate surface area is 125 Å². The number of rotatable bonds is 2. The number of pyridine rings is 1. The van der Waals surface area contributed by atoms with Crippen molar-refractivity contribution in [1.82, 2.24) is 4.98 Å². The Morgan fingerprint density at radius 3 is 2.32 bits per heavy atom. The van der Waals surface area contributed by atoms with E-state index in [9.17, 15) is 10.0 Å². The van der Waals surface area contributed by atoms with E-state index in [1.165, 1.54) is 6.07 Å². The fourth-order valence-electron chi connectivity index (χ4n) is 1.81. The summed E-state index contributed by atoms with van der Waals surface area (Å²) >= 11 is 18.0. The fraction of sp³-hybridized carbons (Fsp3) is 0.0833. The van der Waals surface area contributed by atoms with Crippen LogP contribution in [0.3, 0.4) is 0 Å². The summed E-state index contributed by atoms with van der Waals surface area (Å²) in [5.74, 6) is 0. The lowest BCUT2D eigenvalue weighted by molar-refractivity contribution is 0.425. The molecule has 2 aromatic rings. The van der Waals surface area contributed by atoms with Crippen molar-refractivity contribution in [2.24, 2.45) is 0 Å². The van der Waals surface area contributed by atoms with Crippen molar-refractivity contribution in [3.63, 3.8) is 0 Å². The molecule has 0 saturated carbocycles. The number of aryl methyl sites for hydroxylation is 1. The minimum Gasteiger partial charge on any atom is -0.423 e. The number of nitrogens with zero attached hydrogens (tertiary/aromatic N) is 1. The maximum atomic E-state index is 9.47. The zero-order valence-corrected chi connectivity index (χ0v) is 12.1. The van der Waals surface area contributed by atoms with Crippen LogP contribution < -0.4 is 5.46 Å². The lowest BCUT2D eigenvalue weighted by Gasteiger charge is -2.13.